The highest BCUT2D eigenvalue weighted by Gasteiger charge is 2.30. The first-order valence-electron chi connectivity index (χ1n) is 5.23. The molecule has 0 fully saturated rings. The van der Waals surface area contributed by atoms with E-state index in [2.05, 4.69) is 4.98 Å². The third-order valence-electron chi connectivity index (χ3n) is 2.33. The van der Waals surface area contributed by atoms with Crippen molar-refractivity contribution in [3.8, 4) is 11.6 Å². The topological polar surface area (TPSA) is 48.1 Å². The molecule has 0 amide bonds. The fourth-order valence-corrected chi connectivity index (χ4v) is 1.34. The van der Waals surface area contributed by atoms with Crippen molar-refractivity contribution in [1.82, 2.24) is 4.98 Å². The molecule has 1 aromatic carbocycles. The van der Waals surface area contributed by atoms with E-state index in [1.165, 1.54) is 0 Å². The summed E-state index contributed by atoms with van der Waals surface area (Å²) in [4.78, 5) is 3.37. The van der Waals surface area contributed by atoms with Gasteiger partial charge in [-0.05, 0) is 6.07 Å². The zero-order valence-corrected chi connectivity index (χ0v) is 9.71. The highest BCUT2D eigenvalue weighted by molar-refractivity contribution is 5.45. The van der Waals surface area contributed by atoms with Crippen LogP contribution in [-0.2, 0) is 6.18 Å². The summed E-state index contributed by atoms with van der Waals surface area (Å²) in [6.45, 7) is 0. The lowest BCUT2D eigenvalue weighted by molar-refractivity contribution is -0.137. The second-order valence-corrected chi connectivity index (χ2v) is 3.79. The molecule has 3 nitrogen and oxygen atoms in total. The molecule has 0 spiro atoms. The number of hydrogen-bond donors (Lipinski definition) is 1. The van der Waals surface area contributed by atoms with Gasteiger partial charge in [0.15, 0.2) is 11.6 Å². The number of benzene rings is 1. The van der Waals surface area contributed by atoms with E-state index in [0.717, 1.165) is 6.07 Å². The van der Waals surface area contributed by atoms with Gasteiger partial charge in [-0.15, -0.1) is 0 Å². The minimum Gasteiger partial charge on any atom is -0.436 e. The smallest absolute Gasteiger partial charge is 0.417 e. The van der Waals surface area contributed by atoms with Crippen molar-refractivity contribution in [3.63, 3.8) is 0 Å². The first kappa shape index (κ1) is 14.0. The molecule has 0 saturated carbocycles. The zero-order chi connectivity index (χ0) is 14.9. The van der Waals surface area contributed by atoms with Crippen molar-refractivity contribution in [3.05, 3.63) is 47.7 Å². The molecule has 8 heteroatoms. The maximum Gasteiger partial charge on any atom is 0.417 e. The van der Waals surface area contributed by atoms with Crippen LogP contribution in [-0.4, -0.2) is 4.98 Å². The number of rotatable bonds is 2. The van der Waals surface area contributed by atoms with E-state index in [4.69, 9.17) is 10.5 Å². The largest absolute Gasteiger partial charge is 0.436 e. The van der Waals surface area contributed by atoms with E-state index in [1.807, 2.05) is 0 Å². The number of nitrogen functional groups attached to an aromatic ring is 1. The van der Waals surface area contributed by atoms with Crippen molar-refractivity contribution in [2.75, 3.05) is 5.73 Å². The maximum absolute atomic E-state index is 13.4. The minimum atomic E-state index is -4.54. The van der Waals surface area contributed by atoms with Gasteiger partial charge in [-0.1, -0.05) is 0 Å². The van der Waals surface area contributed by atoms with Gasteiger partial charge in [-0.2, -0.15) is 13.2 Å². The average molecular weight is 290 g/mol. The number of nitrogens with two attached hydrogens (primary N) is 1. The molecule has 2 N–H and O–H groups in total. The fraction of sp³-hybridized carbons (Fsp3) is 0.0833. The predicted molar refractivity (Wildman–Crippen MR) is 60.1 cm³/mol. The first-order valence-corrected chi connectivity index (χ1v) is 5.23. The number of halogens is 5. The summed E-state index contributed by atoms with van der Waals surface area (Å²) >= 11 is 0. The lowest BCUT2D eigenvalue weighted by Gasteiger charge is -2.09. The molecule has 0 atom stereocenters. The highest BCUT2D eigenvalue weighted by Crippen LogP contribution is 2.31. The molecule has 2 aromatic rings. The summed E-state index contributed by atoms with van der Waals surface area (Å²) in [7, 11) is 0. The summed E-state index contributed by atoms with van der Waals surface area (Å²) in [5.41, 5.74) is 3.75. The van der Waals surface area contributed by atoms with Crippen LogP contribution in [0.25, 0.3) is 0 Å². The number of ether oxygens (including phenoxy) is 1. The Kier molecular flexibility index (Phi) is 3.47. The van der Waals surface area contributed by atoms with Crippen LogP contribution in [0.2, 0.25) is 0 Å². The van der Waals surface area contributed by atoms with Gasteiger partial charge in [0.2, 0.25) is 5.88 Å². The summed E-state index contributed by atoms with van der Waals surface area (Å²) in [6.07, 6.45) is -4.01. The summed E-state index contributed by atoms with van der Waals surface area (Å²) in [5.74, 6) is -2.69. The molecule has 0 bridgehead atoms. The molecule has 106 valence electrons. The minimum absolute atomic E-state index is 0.305. The highest BCUT2D eigenvalue weighted by atomic mass is 19.4. The second kappa shape index (κ2) is 4.95. The molecule has 20 heavy (non-hydrogen) atoms. The fourth-order valence-electron chi connectivity index (χ4n) is 1.34. The molecular formula is C12H7F5N2O. The lowest BCUT2D eigenvalue weighted by Crippen LogP contribution is -2.05. The number of anilines is 1. The van der Waals surface area contributed by atoms with Gasteiger partial charge in [-0.25, -0.2) is 13.8 Å². The van der Waals surface area contributed by atoms with Crippen molar-refractivity contribution in [2.45, 2.75) is 6.18 Å². The Labute approximate surface area is 109 Å². The van der Waals surface area contributed by atoms with Crippen molar-refractivity contribution >= 4 is 5.69 Å². The van der Waals surface area contributed by atoms with Crippen LogP contribution in [0.15, 0.2) is 30.5 Å². The quantitative estimate of drug-likeness (QED) is 0.677. The predicted octanol–water partition coefficient (Wildman–Crippen LogP) is 3.75. The summed E-state index contributed by atoms with van der Waals surface area (Å²) < 4.78 is 68.3. The SMILES string of the molecule is Nc1cc(F)c(Oc2ccc(C(F)(F)F)cn2)cc1F. The molecular weight excluding hydrogens is 283 g/mol. The van der Waals surface area contributed by atoms with Crippen LogP contribution in [0.4, 0.5) is 27.6 Å². The second-order valence-electron chi connectivity index (χ2n) is 3.79. The number of aromatic nitrogens is 1. The van der Waals surface area contributed by atoms with Gasteiger partial charge >= 0.3 is 6.18 Å². The van der Waals surface area contributed by atoms with Crippen LogP contribution in [0.1, 0.15) is 5.56 Å². The van der Waals surface area contributed by atoms with Gasteiger partial charge in [-0.3, -0.25) is 0 Å². The molecule has 0 unspecified atom stereocenters. The van der Waals surface area contributed by atoms with Gasteiger partial charge < -0.3 is 10.5 Å². The Morgan fingerprint density at radius 2 is 1.75 bits per heavy atom. The van der Waals surface area contributed by atoms with Gasteiger partial charge in [0, 0.05) is 24.4 Å². The first-order chi connectivity index (χ1) is 9.27. The van der Waals surface area contributed by atoms with Crippen molar-refractivity contribution in [1.29, 1.82) is 0 Å². The van der Waals surface area contributed by atoms with Crippen LogP contribution in [0.5, 0.6) is 11.6 Å². The molecule has 0 aliphatic carbocycles. The number of hydrogen-bond acceptors (Lipinski definition) is 3. The van der Waals surface area contributed by atoms with E-state index in [9.17, 15) is 22.0 Å². The van der Waals surface area contributed by atoms with Crippen molar-refractivity contribution < 1.29 is 26.7 Å². The molecule has 0 aliphatic rings. The van der Waals surface area contributed by atoms with E-state index in [0.29, 0.717) is 24.4 Å². The Morgan fingerprint density at radius 3 is 2.30 bits per heavy atom. The average Bonchev–Trinajstić information content (AvgIpc) is 2.35. The van der Waals surface area contributed by atoms with Crippen LogP contribution < -0.4 is 10.5 Å². The standard InChI is InChI=1S/C12H7F5N2O/c13-7-4-10(8(14)3-9(7)18)20-11-2-1-6(5-19-11)12(15,16)17/h1-5H,18H2. The maximum atomic E-state index is 13.4. The summed E-state index contributed by atoms with van der Waals surface area (Å²) in [6, 6.07) is 3.00. The Hall–Kier alpha value is -2.38. The number of nitrogens with zero attached hydrogens (tertiary/aromatic N) is 1. The van der Waals surface area contributed by atoms with E-state index in [1.54, 1.807) is 0 Å². The Bertz CT molecular complexity index is 625. The molecule has 1 heterocycles. The van der Waals surface area contributed by atoms with Crippen molar-refractivity contribution in [2.24, 2.45) is 0 Å². The molecule has 2 rings (SSSR count). The van der Waals surface area contributed by atoms with Gasteiger partial charge in [0.05, 0.1) is 11.3 Å². The lowest BCUT2D eigenvalue weighted by atomic mass is 10.2. The monoisotopic (exact) mass is 290 g/mol. The normalized spacial score (nSPS) is 11.4. The van der Waals surface area contributed by atoms with Crippen LogP contribution >= 0.6 is 0 Å². The van der Waals surface area contributed by atoms with E-state index >= 15 is 0 Å². The molecule has 0 aliphatic heterocycles. The zero-order valence-electron chi connectivity index (χ0n) is 9.71. The third kappa shape index (κ3) is 2.95. The number of pyridine rings is 1. The number of alkyl halides is 3. The molecule has 0 radical (unpaired) electrons. The summed E-state index contributed by atoms with van der Waals surface area (Å²) in [5, 5.41) is 0. The Balaban J connectivity index is 2.25. The molecule has 1 aromatic heterocycles. The third-order valence-corrected chi connectivity index (χ3v) is 2.33. The van der Waals surface area contributed by atoms with Gasteiger partial charge in [0.1, 0.15) is 5.82 Å². The van der Waals surface area contributed by atoms with Gasteiger partial charge in [0.25, 0.3) is 0 Å². The van der Waals surface area contributed by atoms with E-state index < -0.39 is 34.8 Å². The van der Waals surface area contributed by atoms with E-state index in [-0.39, 0.29) is 5.88 Å². The molecule has 0 saturated heterocycles. The van der Waals surface area contributed by atoms with Crippen LogP contribution in [0, 0.1) is 11.6 Å². The van der Waals surface area contributed by atoms with Crippen LogP contribution in [0.3, 0.4) is 0 Å². The Morgan fingerprint density at radius 1 is 1.05 bits per heavy atom.